The molecule has 0 aliphatic carbocycles. The zero-order chi connectivity index (χ0) is 20.7. The fraction of sp³-hybridized carbons (Fsp3) is 0.364. The summed E-state index contributed by atoms with van der Waals surface area (Å²) in [6.07, 6.45) is 0. The smallest absolute Gasteiger partial charge is 0.254 e. The quantitative estimate of drug-likeness (QED) is 0.756. The van der Waals surface area contributed by atoms with Gasteiger partial charge in [-0.25, -0.2) is 0 Å². The van der Waals surface area contributed by atoms with E-state index in [-0.39, 0.29) is 18.4 Å². The van der Waals surface area contributed by atoms with Crippen LogP contribution in [-0.2, 0) is 16.1 Å². The van der Waals surface area contributed by atoms with Crippen LogP contribution < -0.4 is 10.1 Å². The molecule has 1 N–H and O–H groups in total. The Labute approximate surface area is 166 Å². The molecule has 2 aromatic carbocycles. The summed E-state index contributed by atoms with van der Waals surface area (Å²) < 4.78 is 10.8. The molecule has 0 heterocycles. The summed E-state index contributed by atoms with van der Waals surface area (Å²) in [5.74, 6) is 0.189. The maximum absolute atomic E-state index is 12.8. The van der Waals surface area contributed by atoms with Crippen molar-refractivity contribution in [3.8, 4) is 5.75 Å². The summed E-state index contributed by atoms with van der Waals surface area (Å²) in [4.78, 5) is 26.6. The van der Waals surface area contributed by atoms with Gasteiger partial charge in [0.2, 0.25) is 5.91 Å². The highest BCUT2D eigenvalue weighted by Crippen LogP contribution is 2.22. The van der Waals surface area contributed by atoms with Crippen LogP contribution in [0.15, 0.2) is 36.4 Å². The molecule has 0 spiro atoms. The number of para-hydroxylation sites is 1. The number of carbonyl (C=O) groups is 2. The first kappa shape index (κ1) is 21.4. The predicted molar refractivity (Wildman–Crippen MR) is 110 cm³/mol. The van der Waals surface area contributed by atoms with E-state index >= 15 is 0 Å². The van der Waals surface area contributed by atoms with Crippen LogP contribution in [0.25, 0.3) is 0 Å². The number of benzene rings is 2. The van der Waals surface area contributed by atoms with Crippen LogP contribution in [0, 0.1) is 13.8 Å². The Hall–Kier alpha value is -2.86. The van der Waals surface area contributed by atoms with Crippen molar-refractivity contribution in [2.75, 3.05) is 32.6 Å². The van der Waals surface area contributed by atoms with Crippen LogP contribution in [0.2, 0.25) is 0 Å². The molecule has 6 heteroatoms. The number of hydrogen-bond donors (Lipinski definition) is 1. The molecule has 0 radical (unpaired) electrons. The Kier molecular flexibility index (Phi) is 7.58. The van der Waals surface area contributed by atoms with Crippen molar-refractivity contribution < 1.29 is 19.1 Å². The van der Waals surface area contributed by atoms with E-state index in [9.17, 15) is 9.59 Å². The fourth-order valence-corrected chi connectivity index (χ4v) is 2.93. The summed E-state index contributed by atoms with van der Waals surface area (Å²) in [5, 5.41) is 2.90. The van der Waals surface area contributed by atoms with E-state index in [1.807, 2.05) is 39.0 Å². The molecule has 0 unspecified atom stereocenters. The van der Waals surface area contributed by atoms with E-state index in [1.165, 1.54) is 4.90 Å². The Morgan fingerprint density at radius 3 is 2.39 bits per heavy atom. The SMILES string of the molecule is CCOCc1cc(C(=O)N(C)CC(=O)Nc2c(C)cccc2C)ccc1OC. The number of rotatable bonds is 8. The largest absolute Gasteiger partial charge is 0.496 e. The Morgan fingerprint density at radius 2 is 1.79 bits per heavy atom. The minimum atomic E-state index is -0.240. The van der Waals surface area contributed by atoms with Gasteiger partial charge in [0.15, 0.2) is 0 Å². The van der Waals surface area contributed by atoms with Gasteiger partial charge >= 0.3 is 0 Å². The molecule has 0 aliphatic heterocycles. The van der Waals surface area contributed by atoms with Crippen LogP contribution in [0.1, 0.15) is 34.0 Å². The zero-order valence-electron chi connectivity index (χ0n) is 17.2. The van der Waals surface area contributed by atoms with Crippen molar-refractivity contribution >= 4 is 17.5 Å². The number of hydrogen-bond acceptors (Lipinski definition) is 4. The first-order chi connectivity index (χ1) is 13.4. The molecule has 0 saturated carbocycles. The summed E-state index contributed by atoms with van der Waals surface area (Å²) in [7, 11) is 3.19. The number of carbonyl (C=O) groups excluding carboxylic acids is 2. The van der Waals surface area contributed by atoms with Crippen LogP contribution in [0.3, 0.4) is 0 Å². The van der Waals surface area contributed by atoms with E-state index in [0.717, 1.165) is 22.4 Å². The molecule has 0 saturated heterocycles. The van der Waals surface area contributed by atoms with Crippen LogP contribution >= 0.6 is 0 Å². The number of amides is 2. The maximum Gasteiger partial charge on any atom is 0.254 e. The third-order valence-electron chi connectivity index (χ3n) is 4.46. The maximum atomic E-state index is 12.8. The monoisotopic (exact) mass is 384 g/mol. The average molecular weight is 384 g/mol. The highest BCUT2D eigenvalue weighted by molar-refractivity contribution is 6.00. The summed E-state index contributed by atoms with van der Waals surface area (Å²) >= 11 is 0. The molecule has 2 rings (SSSR count). The average Bonchev–Trinajstić information content (AvgIpc) is 2.68. The molecule has 2 amide bonds. The highest BCUT2D eigenvalue weighted by Gasteiger charge is 2.17. The summed E-state index contributed by atoms with van der Waals surface area (Å²) in [6, 6.07) is 11.0. The lowest BCUT2D eigenvalue weighted by molar-refractivity contribution is -0.116. The molecule has 28 heavy (non-hydrogen) atoms. The van der Waals surface area contributed by atoms with Crippen molar-refractivity contribution in [2.24, 2.45) is 0 Å². The number of likely N-dealkylation sites (N-methyl/N-ethyl adjacent to an activating group) is 1. The van der Waals surface area contributed by atoms with Gasteiger partial charge in [-0.05, 0) is 50.1 Å². The van der Waals surface area contributed by atoms with Gasteiger partial charge in [-0.3, -0.25) is 9.59 Å². The van der Waals surface area contributed by atoms with E-state index in [0.29, 0.717) is 24.5 Å². The fourth-order valence-electron chi connectivity index (χ4n) is 2.93. The second-order valence-electron chi connectivity index (χ2n) is 6.64. The summed E-state index contributed by atoms with van der Waals surface area (Å²) in [5.41, 5.74) is 4.04. The Bertz CT molecular complexity index is 828. The number of nitrogens with one attached hydrogen (secondary N) is 1. The normalized spacial score (nSPS) is 10.5. The lowest BCUT2D eigenvalue weighted by Gasteiger charge is -2.19. The molecular weight excluding hydrogens is 356 g/mol. The zero-order valence-corrected chi connectivity index (χ0v) is 17.2. The minimum Gasteiger partial charge on any atom is -0.496 e. The topological polar surface area (TPSA) is 67.9 Å². The van der Waals surface area contributed by atoms with E-state index in [4.69, 9.17) is 9.47 Å². The number of nitrogens with zero attached hydrogens (tertiary/aromatic N) is 1. The van der Waals surface area contributed by atoms with Gasteiger partial charge < -0.3 is 19.7 Å². The van der Waals surface area contributed by atoms with Gasteiger partial charge in [0.1, 0.15) is 5.75 Å². The first-order valence-electron chi connectivity index (χ1n) is 9.23. The van der Waals surface area contributed by atoms with Crippen molar-refractivity contribution in [1.82, 2.24) is 4.90 Å². The Morgan fingerprint density at radius 1 is 1.11 bits per heavy atom. The number of anilines is 1. The molecule has 0 aromatic heterocycles. The van der Waals surface area contributed by atoms with E-state index in [1.54, 1.807) is 32.4 Å². The predicted octanol–water partition coefficient (Wildman–Crippen LogP) is 3.56. The molecule has 2 aromatic rings. The second kappa shape index (κ2) is 9.90. The van der Waals surface area contributed by atoms with Gasteiger partial charge in [-0.1, -0.05) is 18.2 Å². The third kappa shape index (κ3) is 5.33. The molecule has 0 aliphatic rings. The molecule has 6 nitrogen and oxygen atoms in total. The van der Waals surface area contributed by atoms with E-state index < -0.39 is 0 Å². The third-order valence-corrected chi connectivity index (χ3v) is 4.46. The lowest BCUT2D eigenvalue weighted by atomic mass is 10.1. The summed E-state index contributed by atoms with van der Waals surface area (Å²) in [6.45, 7) is 6.67. The molecule has 0 atom stereocenters. The van der Waals surface area contributed by atoms with Crippen LogP contribution in [-0.4, -0.2) is 44.0 Å². The molecular formula is C22H28N2O4. The van der Waals surface area contributed by atoms with Crippen LogP contribution in [0.5, 0.6) is 5.75 Å². The molecule has 0 fully saturated rings. The number of methoxy groups -OCH3 is 1. The van der Waals surface area contributed by atoms with Crippen LogP contribution in [0.4, 0.5) is 5.69 Å². The van der Waals surface area contributed by atoms with Gasteiger partial charge in [0.25, 0.3) is 5.91 Å². The number of aryl methyl sites for hydroxylation is 2. The van der Waals surface area contributed by atoms with Crippen molar-refractivity contribution in [3.63, 3.8) is 0 Å². The first-order valence-corrected chi connectivity index (χ1v) is 9.23. The van der Waals surface area contributed by atoms with Gasteiger partial charge in [0.05, 0.1) is 20.3 Å². The van der Waals surface area contributed by atoms with Crippen molar-refractivity contribution in [1.29, 1.82) is 0 Å². The second-order valence-corrected chi connectivity index (χ2v) is 6.64. The van der Waals surface area contributed by atoms with E-state index in [2.05, 4.69) is 5.32 Å². The lowest BCUT2D eigenvalue weighted by Crippen LogP contribution is -2.35. The molecule has 150 valence electrons. The number of ether oxygens (including phenoxy) is 2. The highest BCUT2D eigenvalue weighted by atomic mass is 16.5. The minimum absolute atomic E-state index is 0.0422. The van der Waals surface area contributed by atoms with Crippen molar-refractivity contribution in [3.05, 3.63) is 58.7 Å². The van der Waals surface area contributed by atoms with Crippen molar-refractivity contribution in [2.45, 2.75) is 27.4 Å². The standard InChI is InChI=1S/C22H28N2O4/c1-6-28-14-18-12-17(10-11-19(18)27-5)22(26)24(4)13-20(25)23-21-15(2)8-7-9-16(21)3/h7-12H,6,13-14H2,1-5H3,(H,23,25). The molecule has 0 bridgehead atoms. The van der Waals surface area contributed by atoms with Gasteiger partial charge in [-0.2, -0.15) is 0 Å². The Balaban J connectivity index is 2.08. The van der Waals surface area contributed by atoms with Gasteiger partial charge in [-0.15, -0.1) is 0 Å². The van der Waals surface area contributed by atoms with Gasteiger partial charge in [0, 0.05) is 30.5 Å².